The molecule has 6 unspecified atom stereocenters. The van der Waals surface area contributed by atoms with Gasteiger partial charge in [-0.05, 0) is 66.8 Å². The van der Waals surface area contributed by atoms with Crippen molar-refractivity contribution >= 4 is 5.97 Å². The van der Waals surface area contributed by atoms with Gasteiger partial charge in [-0.1, -0.05) is 27.7 Å². The summed E-state index contributed by atoms with van der Waals surface area (Å²) in [6, 6.07) is -1.15. The van der Waals surface area contributed by atoms with Gasteiger partial charge in [-0.3, -0.25) is 4.79 Å². The maximum atomic E-state index is 14.1. The molecule has 0 aromatic rings. The summed E-state index contributed by atoms with van der Waals surface area (Å²) in [4.78, 5) is 16.0. The van der Waals surface area contributed by atoms with Crippen molar-refractivity contribution in [3.05, 3.63) is 0 Å². The van der Waals surface area contributed by atoms with Crippen molar-refractivity contribution in [3.8, 4) is 0 Å². The number of aliphatic hydroxyl groups is 5. The van der Waals surface area contributed by atoms with E-state index >= 15 is 0 Å². The molecule has 292 valence electrons. The second-order valence-electron chi connectivity index (χ2n) is 16.7. The van der Waals surface area contributed by atoms with E-state index in [1.165, 1.54) is 6.92 Å². The molecule has 4 aliphatic heterocycles. The average Bonchev–Trinajstić information content (AvgIpc) is 3.03. The first kappa shape index (κ1) is 41.7. The number of aliphatic hydroxyl groups excluding tert-OH is 3. The number of fused-ring (bicyclic) bond motifs is 2. The molecule has 1 saturated carbocycles. The van der Waals surface area contributed by atoms with Crippen molar-refractivity contribution < 1.29 is 58.7 Å². The molecule has 19 atom stereocenters. The molecule has 1 aliphatic carbocycles. The minimum absolute atomic E-state index is 0.144. The van der Waals surface area contributed by atoms with Gasteiger partial charge < -0.3 is 64.6 Å². The summed E-state index contributed by atoms with van der Waals surface area (Å²) in [5.74, 6) is -2.56. The predicted molar refractivity (Wildman–Crippen MR) is 182 cm³/mol. The fourth-order valence-electron chi connectivity index (χ4n) is 9.10. The van der Waals surface area contributed by atoms with Crippen LogP contribution in [0.3, 0.4) is 0 Å². The highest BCUT2D eigenvalue weighted by Gasteiger charge is 2.66. The highest BCUT2D eigenvalue weighted by molar-refractivity contribution is 5.73. The molecular weight excluding hydrogens is 652 g/mol. The summed E-state index contributed by atoms with van der Waals surface area (Å²) in [6.07, 6.45) is -8.46. The molecule has 0 amide bonds. The molecule has 0 aromatic carbocycles. The standard InChI is InChI=1S/C36H66N2O12/c1-12-23-36(9,44)28(40)21(6)38(10)16-17(2)14-35(8,43)30(50-33-25(39)22(37)13-18(3)46-33)19(4)26(20(5)32(42)47-23)48-24-15-34(7)29(41)27(49-24)31(34)45-11/h17-31,33,39-41,43-44H,12-16,37H2,1-11H3/t17-,18?,19+,20-,21-,22?,23-,24-,25?,26+,27?,28-,29+,30-,31?,33+,34?,35-,36-/m1/s1. The topological polar surface area (TPSA) is 203 Å². The largest absolute Gasteiger partial charge is 0.459 e. The van der Waals surface area contributed by atoms with Crippen molar-refractivity contribution in [3.63, 3.8) is 0 Å². The molecule has 4 saturated heterocycles. The van der Waals surface area contributed by atoms with E-state index in [0.29, 0.717) is 13.0 Å². The van der Waals surface area contributed by atoms with Crippen molar-refractivity contribution in [1.29, 1.82) is 0 Å². The molecule has 2 bridgehead atoms. The molecule has 5 fully saturated rings. The number of ether oxygens (including phenoxy) is 6. The second kappa shape index (κ2) is 15.8. The third kappa shape index (κ3) is 8.07. The van der Waals surface area contributed by atoms with Gasteiger partial charge in [0.2, 0.25) is 0 Å². The van der Waals surface area contributed by atoms with Crippen molar-refractivity contribution in [1.82, 2.24) is 4.90 Å². The molecule has 7 N–H and O–H groups in total. The van der Waals surface area contributed by atoms with E-state index in [1.807, 2.05) is 32.7 Å². The highest BCUT2D eigenvalue weighted by Crippen LogP contribution is 2.53. The minimum Gasteiger partial charge on any atom is -0.459 e. The molecular formula is C36H66N2O12. The van der Waals surface area contributed by atoms with E-state index in [4.69, 9.17) is 34.2 Å². The van der Waals surface area contributed by atoms with Gasteiger partial charge in [0.1, 0.15) is 30.0 Å². The maximum absolute atomic E-state index is 14.1. The lowest BCUT2D eigenvalue weighted by Gasteiger charge is -2.61. The van der Waals surface area contributed by atoms with Crippen LogP contribution < -0.4 is 5.73 Å². The summed E-state index contributed by atoms with van der Waals surface area (Å²) in [5, 5.41) is 57.4. The summed E-state index contributed by atoms with van der Waals surface area (Å²) < 4.78 is 37.1. The molecule has 0 radical (unpaired) electrons. The summed E-state index contributed by atoms with van der Waals surface area (Å²) in [5.41, 5.74) is 2.26. The molecule has 14 heteroatoms. The normalized spacial score (nSPS) is 53.1. The number of carbonyl (C=O) groups excluding carboxylic acids is 1. The molecule has 5 rings (SSSR count). The Balaban J connectivity index is 1.77. The maximum Gasteiger partial charge on any atom is 0.311 e. The number of cyclic esters (lactones) is 1. The van der Waals surface area contributed by atoms with Crippen LogP contribution in [0.15, 0.2) is 0 Å². The number of methoxy groups -OCH3 is 1. The average molecular weight is 719 g/mol. The Morgan fingerprint density at radius 3 is 2.18 bits per heavy atom. The number of likely N-dealkylation sites (N-methyl/N-ethyl adjacent to an activating group) is 1. The summed E-state index contributed by atoms with van der Waals surface area (Å²) in [6.45, 7) is 16.3. The Labute approximate surface area is 297 Å². The fraction of sp³-hybridized carbons (Fsp3) is 0.972. The van der Waals surface area contributed by atoms with Crippen LogP contribution >= 0.6 is 0 Å². The lowest BCUT2D eigenvalue weighted by molar-refractivity contribution is -0.378. The molecule has 4 heterocycles. The van der Waals surface area contributed by atoms with Gasteiger partial charge in [-0.2, -0.15) is 0 Å². The number of carbonyl (C=O) groups is 1. The monoisotopic (exact) mass is 718 g/mol. The minimum atomic E-state index is -1.79. The first-order valence-corrected chi connectivity index (χ1v) is 18.4. The van der Waals surface area contributed by atoms with Crippen LogP contribution in [0.5, 0.6) is 0 Å². The lowest BCUT2D eigenvalue weighted by atomic mass is 9.59. The SMILES string of the molecule is CC[C@H]1OC(=O)[C@H](C)[C@@H](O[C@H]2CC3(C)C(OC)C(O2)[C@@H]3O)[C@H](C)[C@@H](O[C@@H]2OC(C)CC(N)C2O)[C@](C)(O)C[C@@H](C)CN(C)[C@H](C)[C@@H](O)[C@]1(C)O. The quantitative estimate of drug-likeness (QED) is 0.212. The fourth-order valence-corrected chi connectivity index (χ4v) is 9.10. The van der Waals surface area contributed by atoms with E-state index in [-0.39, 0.29) is 37.4 Å². The molecule has 0 spiro atoms. The van der Waals surface area contributed by atoms with Crippen LogP contribution in [-0.4, -0.2) is 148 Å². The van der Waals surface area contributed by atoms with Crippen LogP contribution in [-0.2, 0) is 33.2 Å². The van der Waals surface area contributed by atoms with Gasteiger partial charge in [0.05, 0.1) is 42.0 Å². The zero-order chi connectivity index (χ0) is 37.7. The van der Waals surface area contributed by atoms with Gasteiger partial charge in [0, 0.05) is 43.5 Å². The summed E-state index contributed by atoms with van der Waals surface area (Å²) in [7, 11) is 3.40. The number of rotatable bonds is 6. The zero-order valence-electron chi connectivity index (χ0n) is 31.9. The Morgan fingerprint density at radius 1 is 0.960 bits per heavy atom. The Hall–Kier alpha value is -1.01. The van der Waals surface area contributed by atoms with E-state index in [0.717, 1.165) is 0 Å². The Morgan fingerprint density at radius 2 is 1.60 bits per heavy atom. The third-order valence-corrected chi connectivity index (χ3v) is 12.2. The van der Waals surface area contributed by atoms with Crippen molar-refractivity contribution in [2.75, 3.05) is 20.7 Å². The highest BCUT2D eigenvalue weighted by atomic mass is 16.7. The third-order valence-electron chi connectivity index (χ3n) is 12.2. The second-order valence-corrected chi connectivity index (χ2v) is 16.7. The molecule has 14 nitrogen and oxygen atoms in total. The number of nitrogens with zero attached hydrogens (tertiary/aromatic N) is 1. The Bertz CT molecular complexity index is 1140. The number of hydrogen-bond donors (Lipinski definition) is 6. The van der Waals surface area contributed by atoms with Crippen molar-refractivity contribution in [2.24, 2.45) is 28.9 Å². The van der Waals surface area contributed by atoms with Crippen LogP contribution in [0.25, 0.3) is 0 Å². The van der Waals surface area contributed by atoms with Gasteiger partial charge >= 0.3 is 5.97 Å². The number of hydrogen-bond acceptors (Lipinski definition) is 14. The number of nitrogens with two attached hydrogens (primary N) is 1. The molecule has 5 aliphatic rings. The Kier molecular flexibility index (Phi) is 13.2. The smallest absolute Gasteiger partial charge is 0.311 e. The van der Waals surface area contributed by atoms with Crippen LogP contribution in [0.2, 0.25) is 0 Å². The van der Waals surface area contributed by atoms with Gasteiger partial charge in [0.15, 0.2) is 12.6 Å². The summed E-state index contributed by atoms with van der Waals surface area (Å²) >= 11 is 0. The number of esters is 1. The van der Waals surface area contributed by atoms with Crippen LogP contribution in [0.1, 0.15) is 88.0 Å². The van der Waals surface area contributed by atoms with E-state index < -0.39 is 102 Å². The molecule has 0 aromatic heterocycles. The predicted octanol–water partition coefficient (Wildman–Crippen LogP) is 0.908. The van der Waals surface area contributed by atoms with Crippen LogP contribution in [0, 0.1) is 23.2 Å². The first-order chi connectivity index (χ1) is 23.1. The van der Waals surface area contributed by atoms with E-state index in [2.05, 4.69) is 0 Å². The van der Waals surface area contributed by atoms with E-state index in [9.17, 15) is 30.3 Å². The first-order valence-electron chi connectivity index (χ1n) is 18.4. The lowest BCUT2D eigenvalue weighted by Crippen LogP contribution is -2.74. The van der Waals surface area contributed by atoms with Gasteiger partial charge in [-0.15, -0.1) is 0 Å². The van der Waals surface area contributed by atoms with Gasteiger partial charge in [-0.25, -0.2) is 0 Å². The van der Waals surface area contributed by atoms with Crippen LogP contribution in [0.4, 0.5) is 0 Å². The zero-order valence-corrected chi connectivity index (χ0v) is 31.9. The van der Waals surface area contributed by atoms with Crippen molar-refractivity contribution in [2.45, 2.75) is 179 Å². The van der Waals surface area contributed by atoms with Gasteiger partial charge in [0.25, 0.3) is 0 Å². The van der Waals surface area contributed by atoms with E-state index in [1.54, 1.807) is 41.7 Å². The molecule has 50 heavy (non-hydrogen) atoms.